The number of carboxylic acid groups (broad SMARTS) is 1. The van der Waals surface area contributed by atoms with Gasteiger partial charge in [0.05, 0.1) is 0 Å². The summed E-state index contributed by atoms with van der Waals surface area (Å²) in [7, 11) is 2.16. The van der Waals surface area contributed by atoms with Crippen LogP contribution in [0.25, 0.3) is 0 Å². The zero-order chi connectivity index (χ0) is 13.7. The van der Waals surface area contributed by atoms with Crippen LogP contribution in [0.2, 0.25) is 0 Å². The van der Waals surface area contributed by atoms with Crippen molar-refractivity contribution in [3.05, 3.63) is 47.5 Å². The van der Waals surface area contributed by atoms with E-state index >= 15 is 0 Å². The first-order valence-corrected chi connectivity index (χ1v) is 6.81. The van der Waals surface area contributed by atoms with Gasteiger partial charge in [-0.3, -0.25) is 4.90 Å². The van der Waals surface area contributed by atoms with Gasteiger partial charge in [0.1, 0.15) is 0 Å². The summed E-state index contributed by atoms with van der Waals surface area (Å²) in [5, 5.41) is 8.75. The molecule has 1 aliphatic rings. The highest BCUT2D eigenvalue weighted by Crippen LogP contribution is 2.27. The monoisotopic (exact) mass is 259 g/mol. The minimum atomic E-state index is -0.814. The molecule has 0 unspecified atom stereocenters. The molecule has 0 aliphatic heterocycles. The second-order valence-electron chi connectivity index (χ2n) is 5.27. The van der Waals surface area contributed by atoms with Crippen LogP contribution < -0.4 is 0 Å². The Morgan fingerprint density at radius 2 is 1.95 bits per heavy atom. The highest BCUT2D eigenvalue weighted by molar-refractivity contribution is 5.80. The van der Waals surface area contributed by atoms with E-state index in [9.17, 15) is 4.79 Å². The van der Waals surface area contributed by atoms with E-state index in [0.29, 0.717) is 6.04 Å². The summed E-state index contributed by atoms with van der Waals surface area (Å²) in [6, 6.07) is 11.0. The van der Waals surface area contributed by atoms with Crippen LogP contribution in [-0.4, -0.2) is 29.1 Å². The highest BCUT2D eigenvalue weighted by Gasteiger charge is 2.20. The number of benzene rings is 1. The van der Waals surface area contributed by atoms with Crippen molar-refractivity contribution in [2.75, 3.05) is 7.05 Å². The molecule has 3 nitrogen and oxygen atoms in total. The van der Waals surface area contributed by atoms with E-state index in [-0.39, 0.29) is 0 Å². The molecule has 0 saturated heterocycles. The highest BCUT2D eigenvalue weighted by atomic mass is 16.4. The maximum Gasteiger partial charge on any atom is 0.328 e. The quantitative estimate of drug-likeness (QED) is 0.845. The normalized spacial score (nSPS) is 19.5. The molecule has 1 saturated carbocycles. The molecule has 0 heterocycles. The molecule has 19 heavy (non-hydrogen) atoms. The molecule has 0 amide bonds. The fourth-order valence-corrected chi connectivity index (χ4v) is 2.73. The Labute approximate surface area is 114 Å². The molecule has 1 aromatic rings. The zero-order valence-corrected chi connectivity index (χ0v) is 11.4. The van der Waals surface area contributed by atoms with Crippen molar-refractivity contribution in [3.63, 3.8) is 0 Å². The van der Waals surface area contributed by atoms with Crippen LogP contribution in [-0.2, 0) is 11.3 Å². The SMILES string of the molecule is CN(Cc1ccccc1)C1CCC(=CC(=O)O)CC1. The molecule has 1 N–H and O–H groups in total. The van der Waals surface area contributed by atoms with Crippen LogP contribution in [0.15, 0.2) is 42.0 Å². The second kappa shape index (κ2) is 6.53. The van der Waals surface area contributed by atoms with Crippen molar-refractivity contribution >= 4 is 5.97 Å². The maximum absolute atomic E-state index is 10.6. The Kier molecular flexibility index (Phi) is 4.74. The Hall–Kier alpha value is -1.61. The number of allylic oxidation sites excluding steroid dienone is 1. The summed E-state index contributed by atoms with van der Waals surface area (Å²) in [6.07, 6.45) is 5.32. The summed E-state index contributed by atoms with van der Waals surface area (Å²) in [5.74, 6) is -0.814. The third kappa shape index (κ3) is 4.21. The molecular formula is C16H21NO2. The first kappa shape index (κ1) is 13.8. The lowest BCUT2D eigenvalue weighted by Crippen LogP contribution is -2.33. The first-order valence-electron chi connectivity index (χ1n) is 6.81. The largest absolute Gasteiger partial charge is 0.478 e. The second-order valence-corrected chi connectivity index (χ2v) is 5.27. The van der Waals surface area contributed by atoms with E-state index in [0.717, 1.165) is 37.8 Å². The Balaban J connectivity index is 1.86. The van der Waals surface area contributed by atoms with Gasteiger partial charge in [0.25, 0.3) is 0 Å². The van der Waals surface area contributed by atoms with Crippen LogP contribution >= 0.6 is 0 Å². The Morgan fingerprint density at radius 1 is 1.32 bits per heavy atom. The average Bonchev–Trinajstić information content (AvgIpc) is 2.40. The number of carboxylic acids is 1. The van der Waals surface area contributed by atoms with Gasteiger partial charge in [-0.1, -0.05) is 35.9 Å². The smallest absolute Gasteiger partial charge is 0.328 e. The van der Waals surface area contributed by atoms with Gasteiger partial charge in [0.15, 0.2) is 0 Å². The van der Waals surface area contributed by atoms with Crippen molar-refractivity contribution in [1.82, 2.24) is 4.90 Å². The van der Waals surface area contributed by atoms with Crippen molar-refractivity contribution in [3.8, 4) is 0 Å². The summed E-state index contributed by atoms with van der Waals surface area (Å²) in [5.41, 5.74) is 2.41. The van der Waals surface area contributed by atoms with Crippen LogP contribution in [0.4, 0.5) is 0 Å². The summed E-state index contributed by atoms with van der Waals surface area (Å²) < 4.78 is 0. The molecule has 1 fully saturated rings. The van der Waals surface area contributed by atoms with Gasteiger partial charge < -0.3 is 5.11 Å². The van der Waals surface area contributed by atoms with E-state index in [1.165, 1.54) is 11.6 Å². The first-order chi connectivity index (χ1) is 9.15. The van der Waals surface area contributed by atoms with Crippen molar-refractivity contribution in [1.29, 1.82) is 0 Å². The van der Waals surface area contributed by atoms with Gasteiger partial charge in [-0.25, -0.2) is 4.79 Å². The van der Waals surface area contributed by atoms with Gasteiger partial charge in [-0.05, 0) is 38.3 Å². The van der Waals surface area contributed by atoms with E-state index in [1.807, 2.05) is 6.07 Å². The lowest BCUT2D eigenvalue weighted by atomic mass is 9.89. The van der Waals surface area contributed by atoms with E-state index < -0.39 is 5.97 Å². The number of hydrogen-bond donors (Lipinski definition) is 1. The zero-order valence-electron chi connectivity index (χ0n) is 11.4. The van der Waals surface area contributed by atoms with Crippen LogP contribution in [0, 0.1) is 0 Å². The molecule has 102 valence electrons. The number of carbonyl (C=O) groups is 1. The van der Waals surface area contributed by atoms with Gasteiger partial charge >= 0.3 is 5.97 Å². The standard InChI is InChI=1S/C16H21NO2/c1-17(12-14-5-3-2-4-6-14)15-9-7-13(8-10-15)11-16(18)19/h2-6,11,15H,7-10,12H2,1H3,(H,18,19). The molecule has 0 aromatic heterocycles. The van der Waals surface area contributed by atoms with Crippen molar-refractivity contribution in [2.24, 2.45) is 0 Å². The molecule has 0 atom stereocenters. The fraction of sp³-hybridized carbons (Fsp3) is 0.438. The number of rotatable bonds is 4. The van der Waals surface area contributed by atoms with E-state index in [2.05, 4.69) is 36.2 Å². The molecule has 0 radical (unpaired) electrons. The van der Waals surface area contributed by atoms with Crippen LogP contribution in [0.5, 0.6) is 0 Å². The summed E-state index contributed by atoms with van der Waals surface area (Å²) >= 11 is 0. The molecule has 2 rings (SSSR count). The topological polar surface area (TPSA) is 40.5 Å². The van der Waals surface area contributed by atoms with Gasteiger partial charge in [-0.15, -0.1) is 0 Å². The lowest BCUT2D eigenvalue weighted by Gasteiger charge is -2.32. The fourth-order valence-electron chi connectivity index (χ4n) is 2.73. The van der Waals surface area contributed by atoms with Crippen LogP contribution in [0.3, 0.4) is 0 Å². The van der Waals surface area contributed by atoms with E-state index in [4.69, 9.17) is 5.11 Å². The minimum Gasteiger partial charge on any atom is -0.478 e. The van der Waals surface area contributed by atoms with Gasteiger partial charge in [-0.2, -0.15) is 0 Å². The molecular weight excluding hydrogens is 238 g/mol. The number of nitrogens with zero attached hydrogens (tertiary/aromatic N) is 1. The van der Waals surface area contributed by atoms with Crippen LogP contribution in [0.1, 0.15) is 31.2 Å². The molecule has 1 aliphatic carbocycles. The summed E-state index contributed by atoms with van der Waals surface area (Å²) in [4.78, 5) is 13.0. The lowest BCUT2D eigenvalue weighted by molar-refractivity contribution is -0.131. The Bertz CT molecular complexity index is 443. The Morgan fingerprint density at radius 3 is 2.53 bits per heavy atom. The summed E-state index contributed by atoms with van der Waals surface area (Å²) in [6.45, 7) is 0.962. The number of aliphatic carboxylic acids is 1. The predicted molar refractivity (Wildman–Crippen MR) is 75.9 cm³/mol. The third-order valence-corrected chi connectivity index (χ3v) is 3.82. The minimum absolute atomic E-state index is 0.561. The number of hydrogen-bond acceptors (Lipinski definition) is 2. The van der Waals surface area contributed by atoms with Gasteiger partial charge in [0, 0.05) is 18.7 Å². The molecule has 0 bridgehead atoms. The van der Waals surface area contributed by atoms with Crippen molar-refractivity contribution < 1.29 is 9.90 Å². The average molecular weight is 259 g/mol. The third-order valence-electron chi connectivity index (χ3n) is 3.82. The predicted octanol–water partition coefficient (Wildman–Crippen LogP) is 3.07. The maximum atomic E-state index is 10.6. The molecule has 1 aromatic carbocycles. The van der Waals surface area contributed by atoms with E-state index in [1.54, 1.807) is 0 Å². The van der Waals surface area contributed by atoms with Crippen molar-refractivity contribution in [2.45, 2.75) is 38.3 Å². The molecule has 0 spiro atoms. The van der Waals surface area contributed by atoms with Gasteiger partial charge in [0.2, 0.25) is 0 Å². The molecule has 3 heteroatoms.